The van der Waals surface area contributed by atoms with Gasteiger partial charge in [0.05, 0.1) is 29.6 Å². The minimum atomic E-state index is -3.45. The smallest absolute Gasteiger partial charge is 0.244 e. The van der Waals surface area contributed by atoms with Gasteiger partial charge < -0.3 is 0 Å². The van der Waals surface area contributed by atoms with E-state index in [0.29, 0.717) is 11.7 Å². The van der Waals surface area contributed by atoms with Gasteiger partial charge in [0.15, 0.2) is 5.13 Å². The molecule has 0 spiro atoms. The highest BCUT2D eigenvalue weighted by Gasteiger charge is 2.24. The molecule has 8 heteroatoms. The fourth-order valence-corrected chi connectivity index (χ4v) is 4.02. The largest absolute Gasteiger partial charge is 0.282 e. The highest BCUT2D eigenvalue weighted by atomic mass is 32.2. The molecule has 0 fully saturated rings. The van der Waals surface area contributed by atoms with Gasteiger partial charge in [-0.25, -0.2) is 13.4 Å². The van der Waals surface area contributed by atoms with Gasteiger partial charge in [-0.1, -0.05) is 53.8 Å². The average Bonchev–Trinajstić information content (AvgIpc) is 3.05. The highest BCUT2D eigenvalue weighted by Crippen LogP contribution is 2.31. The first kappa shape index (κ1) is 19.5. The quantitative estimate of drug-likeness (QED) is 0.634. The summed E-state index contributed by atoms with van der Waals surface area (Å²) in [7, 11) is -2.05. The van der Waals surface area contributed by atoms with E-state index in [1.807, 2.05) is 55.5 Å². The maximum atomic E-state index is 13.0. The molecule has 0 aliphatic heterocycles. The predicted octanol–water partition coefficient (Wildman–Crippen LogP) is 3.03. The molecule has 0 N–H and O–H groups in total. The number of likely N-dealkylation sites (N-methyl/N-ethyl adjacent to an activating group) is 1. The fraction of sp³-hybridized carbons (Fsp3) is 0.263. The van der Waals surface area contributed by atoms with E-state index in [1.165, 1.54) is 18.4 Å². The SMILES string of the molecule is Cc1cccc2sc(N(Cc3ccccc3)C(=O)CN(C)S(C)(=O)=O)nc12. The number of rotatable bonds is 6. The summed E-state index contributed by atoms with van der Waals surface area (Å²) in [4.78, 5) is 19.2. The summed E-state index contributed by atoms with van der Waals surface area (Å²) in [5.41, 5.74) is 2.85. The highest BCUT2D eigenvalue weighted by molar-refractivity contribution is 7.88. The van der Waals surface area contributed by atoms with E-state index in [-0.39, 0.29) is 12.5 Å². The van der Waals surface area contributed by atoms with Crippen molar-refractivity contribution in [3.05, 3.63) is 59.7 Å². The Labute approximate surface area is 163 Å². The number of aromatic nitrogens is 1. The number of para-hydroxylation sites is 1. The van der Waals surface area contributed by atoms with Gasteiger partial charge in [0.2, 0.25) is 15.9 Å². The molecular formula is C19H21N3O3S2. The van der Waals surface area contributed by atoms with Crippen molar-refractivity contribution in [1.29, 1.82) is 0 Å². The molecule has 1 heterocycles. The molecule has 6 nitrogen and oxygen atoms in total. The molecule has 27 heavy (non-hydrogen) atoms. The maximum absolute atomic E-state index is 13.0. The molecule has 0 bridgehead atoms. The first-order valence-electron chi connectivity index (χ1n) is 8.37. The topological polar surface area (TPSA) is 70.6 Å². The predicted molar refractivity (Wildman–Crippen MR) is 109 cm³/mol. The van der Waals surface area contributed by atoms with Gasteiger partial charge in [-0.15, -0.1) is 0 Å². The van der Waals surface area contributed by atoms with Crippen molar-refractivity contribution in [2.75, 3.05) is 24.7 Å². The van der Waals surface area contributed by atoms with Crippen molar-refractivity contribution in [1.82, 2.24) is 9.29 Å². The van der Waals surface area contributed by atoms with E-state index in [0.717, 1.165) is 31.9 Å². The second-order valence-electron chi connectivity index (χ2n) is 6.40. The zero-order valence-corrected chi connectivity index (χ0v) is 17.0. The lowest BCUT2D eigenvalue weighted by Crippen LogP contribution is -2.40. The fourth-order valence-electron chi connectivity index (χ4n) is 2.61. The lowest BCUT2D eigenvalue weighted by Gasteiger charge is -2.22. The molecule has 3 rings (SSSR count). The first-order valence-corrected chi connectivity index (χ1v) is 11.0. The van der Waals surface area contributed by atoms with Gasteiger partial charge in [-0.3, -0.25) is 9.69 Å². The van der Waals surface area contributed by atoms with Crippen LogP contribution in [0.2, 0.25) is 0 Å². The number of carbonyl (C=O) groups is 1. The molecule has 0 atom stereocenters. The summed E-state index contributed by atoms with van der Waals surface area (Å²) in [6.07, 6.45) is 1.09. The van der Waals surface area contributed by atoms with Crippen LogP contribution in [0.25, 0.3) is 10.2 Å². The van der Waals surface area contributed by atoms with Crippen LogP contribution in [0.1, 0.15) is 11.1 Å². The molecule has 0 saturated carbocycles. The Hall–Kier alpha value is -2.29. The molecular weight excluding hydrogens is 382 g/mol. The molecule has 0 radical (unpaired) electrons. The summed E-state index contributed by atoms with van der Waals surface area (Å²) in [5.74, 6) is -0.316. The van der Waals surface area contributed by atoms with Gasteiger partial charge >= 0.3 is 0 Å². The van der Waals surface area contributed by atoms with Crippen LogP contribution < -0.4 is 4.90 Å². The summed E-state index contributed by atoms with van der Waals surface area (Å²) >= 11 is 1.43. The lowest BCUT2D eigenvalue weighted by atomic mass is 10.2. The number of hydrogen-bond acceptors (Lipinski definition) is 5. The minimum absolute atomic E-state index is 0.236. The van der Waals surface area contributed by atoms with Crippen molar-refractivity contribution < 1.29 is 13.2 Å². The van der Waals surface area contributed by atoms with E-state index in [9.17, 15) is 13.2 Å². The maximum Gasteiger partial charge on any atom is 0.244 e. The molecule has 0 unspecified atom stereocenters. The number of amides is 1. The number of aryl methyl sites for hydroxylation is 1. The van der Waals surface area contributed by atoms with Crippen LogP contribution in [0.15, 0.2) is 48.5 Å². The zero-order valence-electron chi connectivity index (χ0n) is 15.4. The number of hydrogen-bond donors (Lipinski definition) is 0. The molecule has 3 aromatic rings. The van der Waals surface area contributed by atoms with E-state index in [2.05, 4.69) is 4.98 Å². The van der Waals surface area contributed by atoms with E-state index in [4.69, 9.17) is 0 Å². The standard InChI is InChI=1S/C19H21N3O3S2/c1-14-8-7-11-16-18(14)20-19(26-16)22(12-15-9-5-4-6-10-15)17(23)13-21(2)27(3,24)25/h4-11H,12-13H2,1-3H3. The number of fused-ring (bicyclic) bond motifs is 1. The van der Waals surface area contributed by atoms with Crippen LogP contribution in [-0.2, 0) is 21.4 Å². The summed E-state index contributed by atoms with van der Waals surface area (Å²) in [6.45, 7) is 2.07. The molecule has 2 aromatic carbocycles. The monoisotopic (exact) mass is 403 g/mol. The van der Waals surface area contributed by atoms with Crippen molar-refractivity contribution in [3.8, 4) is 0 Å². The Morgan fingerprint density at radius 1 is 1.11 bits per heavy atom. The molecule has 0 aliphatic carbocycles. The van der Waals surface area contributed by atoms with Gasteiger partial charge in [0.1, 0.15) is 0 Å². The van der Waals surface area contributed by atoms with Crippen LogP contribution in [-0.4, -0.2) is 43.5 Å². The Morgan fingerprint density at radius 2 is 1.81 bits per heavy atom. The van der Waals surface area contributed by atoms with E-state index >= 15 is 0 Å². The summed E-state index contributed by atoms with van der Waals surface area (Å²) < 4.78 is 25.5. The van der Waals surface area contributed by atoms with Crippen molar-refractivity contribution in [2.45, 2.75) is 13.5 Å². The third-order valence-electron chi connectivity index (χ3n) is 4.25. The third-order valence-corrected chi connectivity index (χ3v) is 6.55. The molecule has 1 amide bonds. The number of anilines is 1. The van der Waals surface area contributed by atoms with Gasteiger partial charge in [-0.05, 0) is 24.1 Å². The molecule has 1 aromatic heterocycles. The molecule has 0 aliphatic rings. The van der Waals surface area contributed by atoms with Crippen molar-refractivity contribution in [2.24, 2.45) is 0 Å². The minimum Gasteiger partial charge on any atom is -0.282 e. The lowest BCUT2D eigenvalue weighted by molar-refractivity contribution is -0.118. The Kier molecular flexibility index (Phi) is 5.59. The van der Waals surface area contributed by atoms with Crippen molar-refractivity contribution in [3.63, 3.8) is 0 Å². The number of thiazole rings is 1. The summed E-state index contributed by atoms with van der Waals surface area (Å²) in [6, 6.07) is 15.5. The second kappa shape index (κ2) is 7.75. The Balaban J connectivity index is 1.98. The van der Waals surface area contributed by atoms with Crippen LogP contribution >= 0.6 is 11.3 Å². The number of benzene rings is 2. The van der Waals surface area contributed by atoms with Crippen LogP contribution in [0, 0.1) is 6.92 Å². The van der Waals surface area contributed by atoms with Gasteiger partial charge in [-0.2, -0.15) is 4.31 Å². The van der Waals surface area contributed by atoms with Crippen molar-refractivity contribution >= 4 is 42.6 Å². The second-order valence-corrected chi connectivity index (χ2v) is 9.50. The Morgan fingerprint density at radius 3 is 2.44 bits per heavy atom. The van der Waals surface area contributed by atoms with E-state index in [1.54, 1.807) is 4.90 Å². The van der Waals surface area contributed by atoms with Crippen LogP contribution in [0.5, 0.6) is 0 Å². The van der Waals surface area contributed by atoms with Gasteiger partial charge in [0, 0.05) is 7.05 Å². The van der Waals surface area contributed by atoms with Crippen LogP contribution in [0.3, 0.4) is 0 Å². The normalized spacial score (nSPS) is 11.9. The average molecular weight is 404 g/mol. The van der Waals surface area contributed by atoms with Crippen LogP contribution in [0.4, 0.5) is 5.13 Å². The number of sulfonamides is 1. The van der Waals surface area contributed by atoms with E-state index < -0.39 is 10.0 Å². The Bertz CT molecular complexity index is 1060. The number of carbonyl (C=O) groups excluding carboxylic acids is 1. The van der Waals surface area contributed by atoms with Gasteiger partial charge in [0.25, 0.3) is 0 Å². The summed E-state index contributed by atoms with van der Waals surface area (Å²) in [5, 5.41) is 0.565. The first-order chi connectivity index (χ1) is 12.8. The zero-order chi connectivity index (χ0) is 19.6. The third kappa shape index (κ3) is 4.52. The molecule has 0 saturated heterocycles. The number of nitrogens with zero attached hydrogens (tertiary/aromatic N) is 3. The molecule has 142 valence electrons.